The Labute approximate surface area is 101 Å². The third kappa shape index (κ3) is 3.14. The molecule has 5 heteroatoms. The van der Waals surface area contributed by atoms with Gasteiger partial charge in [-0.3, -0.25) is 0 Å². The summed E-state index contributed by atoms with van der Waals surface area (Å²) in [6, 6.07) is 3.62. The molecule has 1 atom stereocenters. The Hall–Kier alpha value is -1.67. The van der Waals surface area contributed by atoms with E-state index < -0.39 is 0 Å². The van der Waals surface area contributed by atoms with Gasteiger partial charge in [-0.15, -0.1) is 0 Å². The quantitative estimate of drug-likeness (QED) is 0.840. The number of nitrogens with one attached hydrogen (secondary N) is 1. The van der Waals surface area contributed by atoms with E-state index in [2.05, 4.69) is 27.1 Å². The van der Waals surface area contributed by atoms with E-state index in [1.54, 1.807) is 12.3 Å². The molecule has 17 heavy (non-hydrogen) atoms. The molecule has 0 aliphatic carbocycles. The van der Waals surface area contributed by atoms with E-state index in [0.717, 1.165) is 19.6 Å². The third-order valence-electron chi connectivity index (χ3n) is 3.14. The lowest BCUT2D eigenvalue weighted by molar-refractivity contribution is 0.345. The summed E-state index contributed by atoms with van der Waals surface area (Å²) in [6.45, 7) is 6.51. The number of aromatic nitrogens is 2. The van der Waals surface area contributed by atoms with Gasteiger partial charge in [-0.1, -0.05) is 6.92 Å². The van der Waals surface area contributed by atoms with Crippen molar-refractivity contribution in [1.29, 1.82) is 5.26 Å². The molecule has 0 saturated carbocycles. The van der Waals surface area contributed by atoms with Crippen LogP contribution in [0.5, 0.6) is 0 Å². The average molecular weight is 231 g/mol. The van der Waals surface area contributed by atoms with Crippen molar-refractivity contribution in [1.82, 2.24) is 14.9 Å². The molecule has 1 aliphatic rings. The van der Waals surface area contributed by atoms with E-state index in [1.165, 1.54) is 13.0 Å². The first-order valence-corrected chi connectivity index (χ1v) is 6.01. The van der Waals surface area contributed by atoms with E-state index in [1.807, 2.05) is 6.07 Å². The van der Waals surface area contributed by atoms with Crippen LogP contribution in [0.3, 0.4) is 0 Å². The molecule has 2 rings (SSSR count). The zero-order valence-electron chi connectivity index (χ0n) is 10.1. The summed E-state index contributed by atoms with van der Waals surface area (Å²) < 4.78 is 0. The van der Waals surface area contributed by atoms with Crippen molar-refractivity contribution in [2.45, 2.75) is 13.3 Å². The van der Waals surface area contributed by atoms with Gasteiger partial charge in [0.15, 0.2) is 0 Å². The summed E-state index contributed by atoms with van der Waals surface area (Å²) in [5.74, 6) is 1.21. The van der Waals surface area contributed by atoms with Gasteiger partial charge in [0, 0.05) is 19.3 Å². The Morgan fingerprint density at radius 1 is 1.65 bits per heavy atom. The third-order valence-corrected chi connectivity index (χ3v) is 3.14. The van der Waals surface area contributed by atoms with Crippen LogP contribution in [-0.4, -0.2) is 41.0 Å². The van der Waals surface area contributed by atoms with Crippen molar-refractivity contribution >= 4 is 5.95 Å². The van der Waals surface area contributed by atoms with Crippen molar-refractivity contribution in [3.8, 4) is 6.07 Å². The Balaban J connectivity index is 1.84. The maximum absolute atomic E-state index is 8.73. The normalized spacial score (nSPS) is 20.1. The van der Waals surface area contributed by atoms with Crippen LogP contribution in [-0.2, 0) is 0 Å². The van der Waals surface area contributed by atoms with Gasteiger partial charge >= 0.3 is 0 Å². The molecule has 90 valence electrons. The molecule has 1 aromatic rings. The van der Waals surface area contributed by atoms with Gasteiger partial charge in [-0.2, -0.15) is 5.26 Å². The zero-order valence-corrected chi connectivity index (χ0v) is 10.1. The Kier molecular flexibility index (Phi) is 3.89. The summed E-state index contributed by atoms with van der Waals surface area (Å²) in [5, 5.41) is 11.9. The average Bonchev–Trinajstić information content (AvgIpc) is 2.84. The number of likely N-dealkylation sites (tertiary alicyclic amines) is 1. The van der Waals surface area contributed by atoms with Crippen molar-refractivity contribution in [2.75, 3.05) is 31.5 Å². The van der Waals surface area contributed by atoms with Crippen LogP contribution in [0.15, 0.2) is 12.3 Å². The van der Waals surface area contributed by atoms with Crippen molar-refractivity contribution in [3.05, 3.63) is 18.0 Å². The van der Waals surface area contributed by atoms with Crippen LogP contribution in [0, 0.1) is 17.2 Å². The molecule has 1 fully saturated rings. The second-order valence-corrected chi connectivity index (χ2v) is 4.31. The van der Waals surface area contributed by atoms with Crippen LogP contribution in [0.2, 0.25) is 0 Å². The van der Waals surface area contributed by atoms with E-state index in [9.17, 15) is 0 Å². The van der Waals surface area contributed by atoms with Crippen LogP contribution in [0.1, 0.15) is 19.0 Å². The van der Waals surface area contributed by atoms with Gasteiger partial charge in [0.1, 0.15) is 11.8 Å². The van der Waals surface area contributed by atoms with Crippen LogP contribution in [0.4, 0.5) is 5.95 Å². The first kappa shape index (κ1) is 11.8. The molecule has 0 spiro atoms. The Morgan fingerprint density at radius 3 is 3.24 bits per heavy atom. The minimum absolute atomic E-state index is 0.407. The van der Waals surface area contributed by atoms with Gasteiger partial charge in [0.25, 0.3) is 0 Å². The fraction of sp³-hybridized carbons (Fsp3) is 0.583. The van der Waals surface area contributed by atoms with Gasteiger partial charge < -0.3 is 10.2 Å². The number of nitrogens with zero attached hydrogens (tertiary/aromatic N) is 4. The van der Waals surface area contributed by atoms with Crippen LogP contribution in [0.25, 0.3) is 0 Å². The molecule has 0 radical (unpaired) electrons. The second kappa shape index (κ2) is 5.60. The van der Waals surface area contributed by atoms with Crippen molar-refractivity contribution in [2.24, 2.45) is 5.92 Å². The van der Waals surface area contributed by atoms with E-state index in [-0.39, 0.29) is 0 Å². The second-order valence-electron chi connectivity index (χ2n) is 4.31. The first-order valence-electron chi connectivity index (χ1n) is 6.01. The van der Waals surface area contributed by atoms with Crippen LogP contribution < -0.4 is 5.32 Å². The fourth-order valence-electron chi connectivity index (χ4n) is 2.11. The summed E-state index contributed by atoms with van der Waals surface area (Å²) in [6.07, 6.45) is 2.83. The van der Waals surface area contributed by atoms with Crippen molar-refractivity contribution in [3.63, 3.8) is 0 Å². The maximum atomic E-state index is 8.73. The first-order chi connectivity index (χ1) is 8.31. The molecule has 1 aromatic heterocycles. The molecule has 0 bridgehead atoms. The monoisotopic (exact) mass is 231 g/mol. The number of nitriles is 1. The zero-order chi connectivity index (χ0) is 12.1. The summed E-state index contributed by atoms with van der Waals surface area (Å²) >= 11 is 0. The molecular weight excluding hydrogens is 214 g/mol. The molecule has 0 amide bonds. The fourth-order valence-corrected chi connectivity index (χ4v) is 2.11. The Morgan fingerprint density at radius 2 is 2.53 bits per heavy atom. The predicted molar refractivity (Wildman–Crippen MR) is 65.5 cm³/mol. The van der Waals surface area contributed by atoms with E-state index >= 15 is 0 Å². The standard InChI is InChI=1S/C12H17N5/c1-2-17-6-4-10(9-17)8-15-12-14-5-3-11(7-13)16-12/h3,5,10H,2,4,6,8-9H2,1H3,(H,14,15,16). The summed E-state index contributed by atoms with van der Waals surface area (Å²) in [5.41, 5.74) is 0.407. The van der Waals surface area contributed by atoms with Crippen LogP contribution >= 0.6 is 0 Å². The smallest absolute Gasteiger partial charge is 0.223 e. The SMILES string of the molecule is CCN1CCC(CNc2nccc(C#N)n2)C1. The molecule has 1 saturated heterocycles. The number of hydrogen-bond donors (Lipinski definition) is 1. The number of hydrogen-bond acceptors (Lipinski definition) is 5. The lowest BCUT2D eigenvalue weighted by atomic mass is 10.1. The highest BCUT2D eigenvalue weighted by atomic mass is 15.2. The molecule has 5 nitrogen and oxygen atoms in total. The van der Waals surface area contributed by atoms with Gasteiger partial charge in [-0.05, 0) is 31.5 Å². The summed E-state index contributed by atoms with van der Waals surface area (Å²) in [7, 11) is 0. The highest BCUT2D eigenvalue weighted by molar-refractivity contribution is 5.29. The maximum Gasteiger partial charge on any atom is 0.223 e. The minimum Gasteiger partial charge on any atom is -0.354 e. The Bertz CT molecular complexity index is 412. The highest BCUT2D eigenvalue weighted by Crippen LogP contribution is 2.15. The lowest BCUT2D eigenvalue weighted by Gasteiger charge is -2.13. The van der Waals surface area contributed by atoms with Gasteiger partial charge in [0.05, 0.1) is 0 Å². The number of anilines is 1. The molecular formula is C12H17N5. The molecule has 1 N–H and O–H groups in total. The largest absolute Gasteiger partial charge is 0.354 e. The predicted octanol–water partition coefficient (Wildman–Crippen LogP) is 1.10. The van der Waals surface area contributed by atoms with Gasteiger partial charge in [-0.25, -0.2) is 9.97 Å². The minimum atomic E-state index is 0.407. The highest BCUT2D eigenvalue weighted by Gasteiger charge is 2.20. The lowest BCUT2D eigenvalue weighted by Crippen LogP contribution is -2.22. The molecule has 2 heterocycles. The van der Waals surface area contributed by atoms with E-state index in [4.69, 9.17) is 5.26 Å². The summed E-state index contributed by atoms with van der Waals surface area (Å²) in [4.78, 5) is 10.6. The molecule has 1 unspecified atom stereocenters. The van der Waals surface area contributed by atoms with Gasteiger partial charge in [0.2, 0.25) is 5.95 Å². The van der Waals surface area contributed by atoms with Crippen molar-refractivity contribution < 1.29 is 0 Å². The number of rotatable bonds is 4. The van der Waals surface area contributed by atoms with E-state index in [0.29, 0.717) is 17.6 Å². The molecule has 1 aliphatic heterocycles. The topological polar surface area (TPSA) is 64.8 Å². The molecule has 0 aromatic carbocycles.